The molecule has 0 spiro atoms. The number of hydrogen-bond donors (Lipinski definition) is 0. The minimum Gasteiger partial charge on any atom is -0.463 e. The van der Waals surface area contributed by atoms with Gasteiger partial charge in [0.25, 0.3) is 0 Å². The second kappa shape index (κ2) is 10.8. The van der Waals surface area contributed by atoms with Crippen LogP contribution in [0.15, 0.2) is 0 Å². The van der Waals surface area contributed by atoms with Gasteiger partial charge in [0.2, 0.25) is 0 Å². The molecule has 4 heteroatoms. The van der Waals surface area contributed by atoms with Gasteiger partial charge in [-0.1, -0.05) is 68.2 Å². The lowest BCUT2D eigenvalue weighted by Gasteiger charge is -2.37. The quantitative estimate of drug-likeness (QED) is 0.272. The number of esters is 1. The third-order valence-corrected chi connectivity index (χ3v) is 6.49. The van der Waals surface area contributed by atoms with Gasteiger partial charge in [0.05, 0.1) is 30.8 Å². The van der Waals surface area contributed by atoms with Gasteiger partial charge < -0.3 is 14.2 Å². The molecule has 1 aliphatic carbocycles. The molecule has 2 fully saturated rings. The molecule has 2 rings (SSSR count). The molecule has 0 amide bonds. The van der Waals surface area contributed by atoms with Crippen LogP contribution in [0.4, 0.5) is 0 Å². The van der Waals surface area contributed by atoms with E-state index in [4.69, 9.17) is 14.2 Å². The number of rotatable bonds is 10. The van der Waals surface area contributed by atoms with E-state index in [2.05, 4.69) is 41.5 Å². The molecule has 160 valence electrons. The zero-order chi connectivity index (χ0) is 20.7. The molecular weight excluding hydrogens is 340 g/mol. The van der Waals surface area contributed by atoms with Crippen LogP contribution in [-0.2, 0) is 19.0 Å². The van der Waals surface area contributed by atoms with Gasteiger partial charge in [0.15, 0.2) is 0 Å². The number of carbonyl (C=O) groups excluding carboxylic acids is 1. The number of hydrogen-bond acceptors (Lipinski definition) is 4. The molecule has 27 heavy (non-hydrogen) atoms. The van der Waals surface area contributed by atoms with Gasteiger partial charge in [0.1, 0.15) is 6.61 Å². The minimum atomic E-state index is -0.0669. The number of ether oxygens (including phenoxy) is 3. The zero-order valence-corrected chi connectivity index (χ0v) is 19.1. The first-order valence-corrected chi connectivity index (χ1v) is 11.1. The van der Waals surface area contributed by atoms with Crippen LogP contribution in [0.5, 0.6) is 0 Å². The Balaban J connectivity index is 0.00000176. The zero-order valence-electron chi connectivity index (χ0n) is 19.1. The van der Waals surface area contributed by atoms with E-state index in [1.807, 2.05) is 13.8 Å². The van der Waals surface area contributed by atoms with Gasteiger partial charge in [-0.3, -0.25) is 4.79 Å². The van der Waals surface area contributed by atoms with Gasteiger partial charge in [-0.05, 0) is 30.1 Å². The summed E-state index contributed by atoms with van der Waals surface area (Å²) in [7, 11) is 0. The summed E-state index contributed by atoms with van der Waals surface area (Å²) in [6.45, 7) is 18.0. The maximum absolute atomic E-state index is 12.8. The van der Waals surface area contributed by atoms with Crippen LogP contribution in [0.25, 0.3) is 0 Å². The maximum Gasteiger partial charge on any atom is 0.309 e. The highest BCUT2D eigenvalue weighted by Crippen LogP contribution is 2.41. The Morgan fingerprint density at radius 3 is 2.26 bits per heavy atom. The van der Waals surface area contributed by atoms with Crippen molar-refractivity contribution in [2.75, 3.05) is 13.2 Å². The van der Waals surface area contributed by atoms with Crippen LogP contribution in [0.1, 0.15) is 93.9 Å². The van der Waals surface area contributed by atoms with E-state index < -0.39 is 0 Å². The van der Waals surface area contributed by atoms with Crippen molar-refractivity contribution >= 4 is 5.97 Å². The topological polar surface area (TPSA) is 48.1 Å². The Bertz CT molecular complexity index is 444. The lowest BCUT2D eigenvalue weighted by molar-refractivity contribution is -0.157. The summed E-state index contributed by atoms with van der Waals surface area (Å²) in [6, 6.07) is 0. The lowest BCUT2D eigenvalue weighted by atomic mass is 9.68. The van der Waals surface area contributed by atoms with E-state index in [1.165, 1.54) is 0 Å². The van der Waals surface area contributed by atoms with Crippen molar-refractivity contribution < 1.29 is 19.0 Å². The average molecular weight is 385 g/mol. The molecule has 4 atom stereocenters. The summed E-state index contributed by atoms with van der Waals surface area (Å²) in [5.74, 6) is -0.131. The van der Waals surface area contributed by atoms with Crippen LogP contribution in [0.2, 0.25) is 0 Å². The molecule has 1 aliphatic heterocycles. The number of carbonyl (C=O) groups is 1. The Morgan fingerprint density at radius 2 is 1.70 bits per heavy atom. The van der Waals surface area contributed by atoms with E-state index in [0.29, 0.717) is 25.4 Å². The van der Waals surface area contributed by atoms with E-state index in [9.17, 15) is 4.79 Å². The van der Waals surface area contributed by atoms with Crippen LogP contribution in [0.3, 0.4) is 0 Å². The molecule has 0 aromatic rings. The largest absolute Gasteiger partial charge is 0.463 e. The Kier molecular flexibility index (Phi) is 9.77. The fourth-order valence-electron chi connectivity index (χ4n) is 3.60. The number of fused-ring (bicyclic) bond motifs is 1. The van der Waals surface area contributed by atoms with E-state index in [1.54, 1.807) is 0 Å². The van der Waals surface area contributed by atoms with Gasteiger partial charge in [-0.15, -0.1) is 0 Å². The van der Waals surface area contributed by atoms with E-state index in [-0.39, 0.29) is 28.8 Å². The highest BCUT2D eigenvalue weighted by atomic mass is 16.6. The molecule has 4 nitrogen and oxygen atoms in total. The first-order valence-electron chi connectivity index (χ1n) is 11.1. The Morgan fingerprint density at radius 1 is 1.04 bits per heavy atom. The summed E-state index contributed by atoms with van der Waals surface area (Å²) in [5, 5.41) is 0. The molecule has 4 unspecified atom stereocenters. The highest BCUT2D eigenvalue weighted by molar-refractivity contribution is 5.73. The minimum absolute atomic E-state index is 0.0495. The molecule has 1 saturated heterocycles. The van der Waals surface area contributed by atoms with E-state index in [0.717, 1.165) is 38.5 Å². The van der Waals surface area contributed by atoms with Crippen molar-refractivity contribution in [2.45, 2.75) is 112 Å². The summed E-state index contributed by atoms with van der Waals surface area (Å²) >= 11 is 0. The van der Waals surface area contributed by atoms with Crippen LogP contribution in [0, 0.1) is 16.7 Å². The molecule has 0 bridgehead atoms. The molecule has 0 N–H and O–H groups in total. The van der Waals surface area contributed by atoms with Gasteiger partial charge in [-0.2, -0.15) is 0 Å². The van der Waals surface area contributed by atoms with Crippen molar-refractivity contribution in [3.63, 3.8) is 0 Å². The Hall–Kier alpha value is -0.610. The van der Waals surface area contributed by atoms with Crippen LogP contribution >= 0.6 is 0 Å². The first-order chi connectivity index (χ1) is 12.7. The summed E-state index contributed by atoms with van der Waals surface area (Å²) in [6.07, 6.45) is 7.24. The molecule has 1 saturated carbocycles. The SMILES string of the molecule is CC.CCC(C)(C)CC(C(=O)OCCOC1CCC2OC2C1)C(C)(C)CC. The normalized spacial score (nSPS) is 25.7. The van der Waals surface area contributed by atoms with Gasteiger partial charge >= 0.3 is 5.97 Å². The monoisotopic (exact) mass is 384 g/mol. The smallest absolute Gasteiger partial charge is 0.309 e. The molecule has 0 radical (unpaired) electrons. The third kappa shape index (κ3) is 7.73. The molecule has 2 aliphatic rings. The van der Waals surface area contributed by atoms with Gasteiger partial charge in [0, 0.05) is 6.42 Å². The van der Waals surface area contributed by atoms with Crippen molar-refractivity contribution in [1.82, 2.24) is 0 Å². The maximum atomic E-state index is 12.8. The molecule has 1 heterocycles. The van der Waals surface area contributed by atoms with Crippen molar-refractivity contribution in [3.05, 3.63) is 0 Å². The fourth-order valence-corrected chi connectivity index (χ4v) is 3.60. The Labute approximate surface area is 167 Å². The third-order valence-electron chi connectivity index (χ3n) is 6.49. The molecule has 0 aromatic heterocycles. The number of epoxide rings is 1. The van der Waals surface area contributed by atoms with Crippen molar-refractivity contribution in [1.29, 1.82) is 0 Å². The summed E-state index contributed by atoms with van der Waals surface area (Å²) < 4.78 is 17.0. The van der Waals surface area contributed by atoms with Crippen molar-refractivity contribution in [2.24, 2.45) is 16.7 Å². The lowest BCUT2D eigenvalue weighted by Crippen LogP contribution is -2.36. The standard InChI is InChI=1S/C21H38O4.C2H6/c1-7-20(3,4)14-16(21(5,6)8-2)19(22)24-12-11-23-15-9-10-17-18(13-15)25-17;1-2/h15-18H,7-14H2,1-6H3;1-2H3. The van der Waals surface area contributed by atoms with Crippen LogP contribution < -0.4 is 0 Å². The molecule has 0 aromatic carbocycles. The fraction of sp³-hybridized carbons (Fsp3) is 0.957. The second-order valence-corrected chi connectivity index (χ2v) is 9.30. The second-order valence-electron chi connectivity index (χ2n) is 9.30. The predicted octanol–water partition coefficient (Wildman–Crippen LogP) is 5.77. The highest BCUT2D eigenvalue weighted by Gasteiger charge is 2.44. The predicted molar refractivity (Wildman–Crippen MR) is 111 cm³/mol. The average Bonchev–Trinajstić information content (AvgIpc) is 3.43. The summed E-state index contributed by atoms with van der Waals surface area (Å²) in [5.41, 5.74) is 0.0988. The summed E-state index contributed by atoms with van der Waals surface area (Å²) in [4.78, 5) is 12.8. The van der Waals surface area contributed by atoms with E-state index >= 15 is 0 Å². The van der Waals surface area contributed by atoms with Crippen molar-refractivity contribution in [3.8, 4) is 0 Å². The molecular formula is C23H44O4. The first kappa shape index (κ1) is 24.4. The van der Waals surface area contributed by atoms with Crippen LogP contribution in [-0.4, -0.2) is 37.5 Å². The van der Waals surface area contributed by atoms with Gasteiger partial charge in [-0.25, -0.2) is 0 Å².